The number of hydrogen-bond acceptors (Lipinski definition) is 3. The van der Waals surface area contributed by atoms with Crippen LogP contribution in [0.15, 0.2) is 35.7 Å². The summed E-state index contributed by atoms with van der Waals surface area (Å²) in [5, 5.41) is 5.12. The van der Waals surface area contributed by atoms with Crippen molar-refractivity contribution in [2.45, 2.75) is 19.4 Å². The summed E-state index contributed by atoms with van der Waals surface area (Å²) in [5.41, 5.74) is 2.25. The summed E-state index contributed by atoms with van der Waals surface area (Å²) in [5.74, 6) is 0.0572. The third-order valence-corrected chi connectivity index (χ3v) is 5.59. The predicted molar refractivity (Wildman–Crippen MR) is 95.8 cm³/mol. The maximum atomic E-state index is 12.2. The molecule has 1 aromatic carbocycles. The highest BCUT2D eigenvalue weighted by Gasteiger charge is 2.25. The lowest BCUT2D eigenvalue weighted by Crippen LogP contribution is -2.39. The van der Waals surface area contributed by atoms with Crippen molar-refractivity contribution >= 4 is 45.5 Å². The van der Waals surface area contributed by atoms with Gasteiger partial charge in [0, 0.05) is 26.7 Å². The van der Waals surface area contributed by atoms with Gasteiger partial charge in [-0.1, -0.05) is 0 Å². The highest BCUT2D eigenvalue weighted by molar-refractivity contribution is 14.1. The minimum Gasteiger partial charge on any atom is -0.325 e. The molecule has 1 aromatic heterocycles. The zero-order chi connectivity index (χ0) is 14.8. The van der Waals surface area contributed by atoms with Crippen molar-refractivity contribution in [2.75, 3.05) is 18.4 Å². The Morgan fingerprint density at radius 2 is 2.14 bits per heavy atom. The largest absolute Gasteiger partial charge is 0.325 e. The fourth-order valence-corrected chi connectivity index (χ4v) is 4.02. The average molecular weight is 412 g/mol. The number of hydrogen-bond donors (Lipinski definition) is 1. The Balaban J connectivity index is 1.62. The highest BCUT2D eigenvalue weighted by atomic mass is 127. The Bertz CT molecular complexity index is 638. The zero-order valence-corrected chi connectivity index (χ0v) is 14.8. The number of thiophene rings is 1. The molecule has 21 heavy (non-hydrogen) atoms. The lowest BCUT2D eigenvalue weighted by atomic mass is 10.0. The van der Waals surface area contributed by atoms with Crippen LogP contribution in [0.3, 0.4) is 0 Å². The van der Waals surface area contributed by atoms with E-state index in [4.69, 9.17) is 0 Å². The van der Waals surface area contributed by atoms with Crippen molar-refractivity contribution in [3.05, 3.63) is 49.7 Å². The van der Waals surface area contributed by atoms with Gasteiger partial charge in [0.25, 0.3) is 0 Å². The molecule has 3 nitrogen and oxygen atoms in total. The summed E-state index contributed by atoms with van der Waals surface area (Å²) >= 11 is 4.08. The second-order valence-electron chi connectivity index (χ2n) is 5.25. The maximum Gasteiger partial charge on any atom is 0.238 e. The number of carbonyl (C=O) groups is 1. The number of halogens is 1. The molecule has 0 spiro atoms. The summed E-state index contributed by atoms with van der Waals surface area (Å²) in [6, 6.07) is 10.4. The molecule has 2 aromatic rings. The average Bonchev–Trinajstić information content (AvgIpc) is 2.94. The first-order valence-electron chi connectivity index (χ1n) is 6.99. The Morgan fingerprint density at radius 3 is 2.90 bits per heavy atom. The summed E-state index contributed by atoms with van der Waals surface area (Å²) in [6.07, 6.45) is 1.05. The molecule has 1 atom stereocenters. The number of amides is 1. The van der Waals surface area contributed by atoms with E-state index in [0.717, 1.165) is 18.7 Å². The molecule has 0 unspecified atom stereocenters. The van der Waals surface area contributed by atoms with Crippen molar-refractivity contribution in [1.29, 1.82) is 0 Å². The van der Waals surface area contributed by atoms with Gasteiger partial charge in [-0.15, -0.1) is 11.3 Å². The molecule has 0 bridgehead atoms. The van der Waals surface area contributed by atoms with Crippen LogP contribution in [0.4, 0.5) is 5.69 Å². The molecule has 1 aliphatic heterocycles. The van der Waals surface area contributed by atoms with Crippen molar-refractivity contribution in [1.82, 2.24) is 4.90 Å². The van der Waals surface area contributed by atoms with Crippen LogP contribution in [0.25, 0.3) is 0 Å². The van der Waals surface area contributed by atoms with Gasteiger partial charge in [0.1, 0.15) is 0 Å². The molecular formula is C16H17IN2OS. The van der Waals surface area contributed by atoms with E-state index in [1.165, 1.54) is 14.0 Å². The Labute approximate surface area is 142 Å². The fourth-order valence-electron chi connectivity index (χ4n) is 2.70. The van der Waals surface area contributed by atoms with Crippen LogP contribution in [0.2, 0.25) is 0 Å². The molecule has 3 rings (SSSR count). The van der Waals surface area contributed by atoms with Crippen LogP contribution in [-0.2, 0) is 11.2 Å². The Morgan fingerprint density at radius 1 is 1.38 bits per heavy atom. The maximum absolute atomic E-state index is 12.2. The number of nitrogens with zero attached hydrogens (tertiary/aromatic N) is 1. The summed E-state index contributed by atoms with van der Waals surface area (Å²) in [6.45, 7) is 3.58. The minimum absolute atomic E-state index is 0.0572. The van der Waals surface area contributed by atoms with Crippen molar-refractivity contribution in [3.63, 3.8) is 0 Å². The molecule has 0 fully saturated rings. The molecule has 2 heterocycles. The molecule has 0 aliphatic carbocycles. The van der Waals surface area contributed by atoms with E-state index in [0.29, 0.717) is 12.6 Å². The van der Waals surface area contributed by atoms with E-state index in [1.54, 1.807) is 0 Å². The number of fused-ring (bicyclic) bond motifs is 1. The Hall–Kier alpha value is -0.920. The van der Waals surface area contributed by atoms with E-state index >= 15 is 0 Å². The summed E-state index contributed by atoms with van der Waals surface area (Å²) in [7, 11) is 0. The van der Waals surface area contributed by atoms with Crippen molar-refractivity contribution in [2.24, 2.45) is 0 Å². The van der Waals surface area contributed by atoms with Gasteiger partial charge in [0.05, 0.1) is 6.54 Å². The van der Waals surface area contributed by atoms with E-state index in [2.05, 4.69) is 51.2 Å². The highest BCUT2D eigenvalue weighted by Crippen LogP contribution is 2.32. The molecule has 0 saturated heterocycles. The van der Waals surface area contributed by atoms with Gasteiger partial charge < -0.3 is 5.32 Å². The normalized spacial score (nSPS) is 18.3. The molecule has 0 radical (unpaired) electrons. The first-order valence-corrected chi connectivity index (χ1v) is 8.95. The SMILES string of the molecule is C[C@@H]1c2ccsc2CCN1CC(=O)Nc1ccc(I)cc1. The third-order valence-electron chi connectivity index (χ3n) is 3.88. The summed E-state index contributed by atoms with van der Waals surface area (Å²) < 4.78 is 1.17. The number of carbonyl (C=O) groups excluding carboxylic acids is 1. The quantitative estimate of drug-likeness (QED) is 0.776. The van der Waals surface area contributed by atoms with E-state index in [1.807, 2.05) is 35.6 Å². The van der Waals surface area contributed by atoms with Crippen molar-refractivity contribution < 1.29 is 4.79 Å². The number of nitrogens with one attached hydrogen (secondary N) is 1. The second-order valence-corrected chi connectivity index (χ2v) is 7.50. The molecule has 1 amide bonds. The lowest BCUT2D eigenvalue weighted by Gasteiger charge is -2.32. The van der Waals surface area contributed by atoms with Crippen LogP contribution < -0.4 is 5.32 Å². The van der Waals surface area contributed by atoms with Crippen LogP contribution in [0.5, 0.6) is 0 Å². The smallest absolute Gasteiger partial charge is 0.238 e. The number of benzene rings is 1. The topological polar surface area (TPSA) is 32.3 Å². The standard InChI is InChI=1S/C16H17IN2OS/c1-11-14-7-9-21-15(14)6-8-19(11)10-16(20)18-13-4-2-12(17)3-5-13/h2-5,7,9,11H,6,8,10H2,1H3,(H,18,20)/t11-/m1/s1. The molecule has 5 heteroatoms. The van der Waals surface area contributed by atoms with E-state index in [-0.39, 0.29) is 5.91 Å². The van der Waals surface area contributed by atoms with E-state index in [9.17, 15) is 4.79 Å². The molecule has 1 N–H and O–H groups in total. The van der Waals surface area contributed by atoms with Crippen LogP contribution in [-0.4, -0.2) is 23.9 Å². The van der Waals surface area contributed by atoms with Gasteiger partial charge in [0.15, 0.2) is 0 Å². The van der Waals surface area contributed by atoms with Crippen LogP contribution in [0, 0.1) is 3.57 Å². The number of anilines is 1. The second kappa shape index (κ2) is 6.46. The van der Waals surface area contributed by atoms with Gasteiger partial charge >= 0.3 is 0 Å². The van der Waals surface area contributed by atoms with Gasteiger partial charge in [-0.3, -0.25) is 9.69 Å². The van der Waals surface area contributed by atoms with Gasteiger partial charge in [-0.05, 0) is 77.2 Å². The summed E-state index contributed by atoms with van der Waals surface area (Å²) in [4.78, 5) is 15.9. The monoisotopic (exact) mass is 412 g/mol. The minimum atomic E-state index is 0.0572. The molecule has 110 valence electrons. The van der Waals surface area contributed by atoms with Crippen LogP contribution in [0.1, 0.15) is 23.4 Å². The molecule has 0 saturated carbocycles. The van der Waals surface area contributed by atoms with Crippen LogP contribution >= 0.6 is 33.9 Å². The molecule has 1 aliphatic rings. The number of rotatable bonds is 3. The predicted octanol–water partition coefficient (Wildman–Crippen LogP) is 3.91. The van der Waals surface area contributed by atoms with Gasteiger partial charge in [0.2, 0.25) is 5.91 Å². The third kappa shape index (κ3) is 3.46. The van der Waals surface area contributed by atoms with Gasteiger partial charge in [-0.25, -0.2) is 0 Å². The van der Waals surface area contributed by atoms with E-state index < -0.39 is 0 Å². The zero-order valence-electron chi connectivity index (χ0n) is 11.8. The molecular weight excluding hydrogens is 395 g/mol. The fraction of sp³-hybridized carbons (Fsp3) is 0.312. The van der Waals surface area contributed by atoms with Gasteiger partial charge in [-0.2, -0.15) is 0 Å². The Kier molecular flexibility index (Phi) is 4.61. The van der Waals surface area contributed by atoms with Crippen molar-refractivity contribution in [3.8, 4) is 0 Å². The first kappa shape index (κ1) is 15.0. The lowest BCUT2D eigenvalue weighted by molar-refractivity contribution is -0.117. The first-order chi connectivity index (χ1) is 10.1.